The van der Waals surface area contributed by atoms with Gasteiger partial charge in [-0.25, -0.2) is 0 Å². The zero-order valence-corrected chi connectivity index (χ0v) is 9.77. The summed E-state index contributed by atoms with van der Waals surface area (Å²) in [5.41, 5.74) is 5.91. The fourth-order valence-electron chi connectivity index (χ4n) is 1.57. The molecule has 80 valence electrons. The zero-order valence-electron chi connectivity index (χ0n) is 9.77. The second-order valence-electron chi connectivity index (χ2n) is 4.30. The largest absolute Gasteiger partial charge is 0.329 e. The molecule has 2 nitrogen and oxygen atoms in total. The van der Waals surface area contributed by atoms with Crippen LogP contribution in [0.5, 0.6) is 0 Å². The van der Waals surface area contributed by atoms with E-state index < -0.39 is 0 Å². The third-order valence-electron chi connectivity index (χ3n) is 2.77. The van der Waals surface area contributed by atoms with Crippen molar-refractivity contribution in [1.82, 2.24) is 4.90 Å². The van der Waals surface area contributed by atoms with Gasteiger partial charge in [0, 0.05) is 12.1 Å². The molecule has 0 rings (SSSR count). The molecule has 0 unspecified atom stereocenters. The number of rotatable bonds is 7. The smallest absolute Gasteiger partial charge is 0.0275 e. The van der Waals surface area contributed by atoms with Gasteiger partial charge in [-0.2, -0.15) is 0 Å². The molecule has 0 aromatic rings. The van der Waals surface area contributed by atoms with Gasteiger partial charge in [0.2, 0.25) is 0 Å². The van der Waals surface area contributed by atoms with E-state index >= 15 is 0 Å². The fourth-order valence-corrected chi connectivity index (χ4v) is 1.57. The van der Waals surface area contributed by atoms with Crippen molar-refractivity contribution in [3.63, 3.8) is 0 Å². The van der Waals surface area contributed by atoms with E-state index in [1.807, 2.05) is 0 Å². The van der Waals surface area contributed by atoms with Crippen LogP contribution in [0.2, 0.25) is 0 Å². The Labute approximate surface area is 83.5 Å². The summed E-state index contributed by atoms with van der Waals surface area (Å²) < 4.78 is 0. The number of nitrogens with zero attached hydrogens (tertiary/aromatic N) is 1. The molecule has 0 heterocycles. The molecule has 0 amide bonds. The Morgan fingerprint density at radius 3 is 2.15 bits per heavy atom. The van der Waals surface area contributed by atoms with Crippen LogP contribution >= 0.6 is 0 Å². The van der Waals surface area contributed by atoms with Gasteiger partial charge in [0.25, 0.3) is 0 Å². The molecule has 0 aromatic heterocycles. The van der Waals surface area contributed by atoms with Gasteiger partial charge in [0.1, 0.15) is 0 Å². The van der Waals surface area contributed by atoms with Crippen LogP contribution in [-0.4, -0.2) is 30.1 Å². The monoisotopic (exact) mass is 186 g/mol. The Kier molecular flexibility index (Phi) is 6.35. The van der Waals surface area contributed by atoms with Crippen LogP contribution in [0.25, 0.3) is 0 Å². The summed E-state index contributed by atoms with van der Waals surface area (Å²) in [6, 6.07) is 0. The summed E-state index contributed by atoms with van der Waals surface area (Å²) in [7, 11) is 0. The molecule has 0 spiro atoms. The lowest BCUT2D eigenvalue weighted by atomic mass is 10.0. The summed E-state index contributed by atoms with van der Waals surface area (Å²) in [6.07, 6.45) is 3.92. The van der Waals surface area contributed by atoms with Gasteiger partial charge in [0.05, 0.1) is 0 Å². The standard InChI is InChI=1S/C11H26N2/c1-5-7-8-9-13(6-2)11(3,4)10-12/h5-10,12H2,1-4H3. The van der Waals surface area contributed by atoms with Crippen molar-refractivity contribution in [2.45, 2.75) is 52.5 Å². The Morgan fingerprint density at radius 2 is 1.77 bits per heavy atom. The van der Waals surface area contributed by atoms with Gasteiger partial charge in [-0.05, 0) is 33.4 Å². The predicted molar refractivity (Wildman–Crippen MR) is 59.9 cm³/mol. The molecule has 2 heteroatoms. The van der Waals surface area contributed by atoms with Crippen LogP contribution < -0.4 is 5.73 Å². The van der Waals surface area contributed by atoms with Crippen LogP contribution in [0.1, 0.15) is 47.0 Å². The number of hydrogen-bond acceptors (Lipinski definition) is 2. The molecule has 0 radical (unpaired) electrons. The molecule has 0 saturated heterocycles. The molecule has 0 aliphatic heterocycles. The first kappa shape index (κ1) is 12.9. The molecule has 0 bridgehead atoms. The van der Waals surface area contributed by atoms with E-state index in [4.69, 9.17) is 5.73 Å². The number of likely N-dealkylation sites (N-methyl/N-ethyl adjacent to an activating group) is 1. The lowest BCUT2D eigenvalue weighted by molar-refractivity contribution is 0.132. The molecular weight excluding hydrogens is 160 g/mol. The topological polar surface area (TPSA) is 29.3 Å². The van der Waals surface area contributed by atoms with Gasteiger partial charge in [-0.15, -0.1) is 0 Å². The molecular formula is C11H26N2. The van der Waals surface area contributed by atoms with Crippen molar-refractivity contribution in [2.24, 2.45) is 5.73 Å². The average Bonchev–Trinajstić information content (AvgIpc) is 2.12. The highest BCUT2D eigenvalue weighted by Gasteiger charge is 2.22. The second kappa shape index (κ2) is 6.39. The van der Waals surface area contributed by atoms with Crippen LogP contribution in [-0.2, 0) is 0 Å². The lowest BCUT2D eigenvalue weighted by Crippen LogP contribution is -2.49. The van der Waals surface area contributed by atoms with E-state index in [2.05, 4.69) is 32.6 Å². The normalized spacial score (nSPS) is 12.5. The maximum atomic E-state index is 5.75. The minimum Gasteiger partial charge on any atom is -0.329 e. The van der Waals surface area contributed by atoms with Gasteiger partial charge in [-0.3, -0.25) is 4.90 Å². The number of nitrogens with two attached hydrogens (primary N) is 1. The summed E-state index contributed by atoms with van der Waals surface area (Å²) in [5, 5.41) is 0. The Balaban J connectivity index is 3.87. The van der Waals surface area contributed by atoms with Gasteiger partial charge in [-0.1, -0.05) is 26.7 Å². The third-order valence-corrected chi connectivity index (χ3v) is 2.77. The van der Waals surface area contributed by atoms with Crippen molar-refractivity contribution >= 4 is 0 Å². The van der Waals surface area contributed by atoms with E-state index in [-0.39, 0.29) is 5.54 Å². The highest BCUT2D eigenvalue weighted by Crippen LogP contribution is 2.13. The van der Waals surface area contributed by atoms with Crippen LogP contribution in [0.3, 0.4) is 0 Å². The predicted octanol–water partition coefficient (Wildman–Crippen LogP) is 2.24. The maximum Gasteiger partial charge on any atom is 0.0275 e. The van der Waals surface area contributed by atoms with E-state index in [1.165, 1.54) is 25.8 Å². The van der Waals surface area contributed by atoms with Crippen molar-refractivity contribution in [1.29, 1.82) is 0 Å². The van der Waals surface area contributed by atoms with Crippen molar-refractivity contribution in [3.05, 3.63) is 0 Å². The third kappa shape index (κ3) is 4.63. The molecule has 0 saturated carbocycles. The van der Waals surface area contributed by atoms with Gasteiger partial charge in [0.15, 0.2) is 0 Å². The first-order valence-electron chi connectivity index (χ1n) is 5.53. The Morgan fingerprint density at radius 1 is 1.15 bits per heavy atom. The minimum atomic E-state index is 0.169. The van der Waals surface area contributed by atoms with Gasteiger partial charge >= 0.3 is 0 Å². The maximum absolute atomic E-state index is 5.75. The Hall–Kier alpha value is -0.0800. The zero-order chi connectivity index (χ0) is 10.3. The average molecular weight is 186 g/mol. The van der Waals surface area contributed by atoms with Crippen LogP contribution in [0.15, 0.2) is 0 Å². The summed E-state index contributed by atoms with van der Waals surface area (Å²) in [4.78, 5) is 2.47. The molecule has 0 atom stereocenters. The van der Waals surface area contributed by atoms with Crippen LogP contribution in [0, 0.1) is 0 Å². The fraction of sp³-hybridized carbons (Fsp3) is 1.00. The van der Waals surface area contributed by atoms with Crippen LogP contribution in [0.4, 0.5) is 0 Å². The quantitative estimate of drug-likeness (QED) is 0.618. The number of hydrogen-bond donors (Lipinski definition) is 1. The molecule has 13 heavy (non-hydrogen) atoms. The molecule has 0 aromatic carbocycles. The van der Waals surface area contributed by atoms with Gasteiger partial charge < -0.3 is 5.73 Å². The first-order chi connectivity index (χ1) is 6.08. The summed E-state index contributed by atoms with van der Waals surface area (Å²) >= 11 is 0. The van der Waals surface area contributed by atoms with Crippen molar-refractivity contribution < 1.29 is 0 Å². The minimum absolute atomic E-state index is 0.169. The van der Waals surface area contributed by atoms with E-state index in [0.29, 0.717) is 0 Å². The van der Waals surface area contributed by atoms with Crippen molar-refractivity contribution in [2.75, 3.05) is 19.6 Å². The lowest BCUT2D eigenvalue weighted by Gasteiger charge is -2.37. The Bertz CT molecular complexity index is 121. The van der Waals surface area contributed by atoms with E-state index in [0.717, 1.165) is 13.1 Å². The molecule has 0 fully saturated rings. The molecule has 2 N–H and O–H groups in total. The summed E-state index contributed by atoms with van der Waals surface area (Å²) in [5.74, 6) is 0. The van der Waals surface area contributed by atoms with E-state index in [9.17, 15) is 0 Å². The highest BCUT2D eigenvalue weighted by molar-refractivity contribution is 4.81. The molecule has 0 aliphatic carbocycles. The first-order valence-corrected chi connectivity index (χ1v) is 5.53. The summed E-state index contributed by atoms with van der Waals surface area (Å²) in [6.45, 7) is 11.9. The molecule has 0 aliphatic rings. The SMILES string of the molecule is CCCCCN(CC)C(C)(C)CN. The number of unbranched alkanes of at least 4 members (excludes halogenated alkanes) is 2. The second-order valence-corrected chi connectivity index (χ2v) is 4.30. The van der Waals surface area contributed by atoms with Crippen molar-refractivity contribution in [3.8, 4) is 0 Å². The van der Waals surface area contributed by atoms with E-state index in [1.54, 1.807) is 0 Å². The highest BCUT2D eigenvalue weighted by atomic mass is 15.2.